The van der Waals surface area contributed by atoms with Crippen molar-refractivity contribution in [2.45, 2.75) is 19.2 Å². The van der Waals surface area contributed by atoms with Gasteiger partial charge in [-0.1, -0.05) is 15.9 Å². The summed E-state index contributed by atoms with van der Waals surface area (Å²) in [6.45, 7) is 6.37. The third-order valence-electron chi connectivity index (χ3n) is 1.71. The molecule has 0 aliphatic carbocycles. The molecule has 0 saturated heterocycles. The molecule has 2 nitrogen and oxygen atoms in total. The second-order valence-corrected chi connectivity index (χ2v) is 3.82. The predicted molar refractivity (Wildman–Crippen MR) is 58.3 cm³/mol. The molecular weight excluding hydrogens is 236 g/mol. The maximum Gasteiger partial charge on any atom is 0.185 e. The largest absolute Gasteiger partial charge is 0.349 e. The molecule has 0 aliphatic rings. The van der Waals surface area contributed by atoms with Crippen LogP contribution < -0.4 is 4.90 Å². The van der Waals surface area contributed by atoms with Crippen LogP contribution in [-0.4, -0.2) is 18.1 Å². The topological polar surface area (TPSA) is 16.1 Å². The highest BCUT2D eigenvalue weighted by Crippen LogP contribution is 2.21. The van der Waals surface area contributed by atoms with Gasteiger partial charge in [-0.2, -0.15) is 0 Å². The minimum atomic E-state index is 0.852. The van der Waals surface area contributed by atoms with Gasteiger partial charge in [0.15, 0.2) is 5.13 Å². The van der Waals surface area contributed by atoms with Gasteiger partial charge in [-0.05, 0) is 13.8 Å². The average molecular weight is 249 g/mol. The summed E-state index contributed by atoms with van der Waals surface area (Å²) in [5, 5.41) is 4.09. The van der Waals surface area contributed by atoms with Crippen LogP contribution in [0.1, 0.15) is 19.5 Å². The number of rotatable bonds is 4. The summed E-state index contributed by atoms with van der Waals surface area (Å²) in [4.78, 5) is 6.73. The van der Waals surface area contributed by atoms with Gasteiger partial charge < -0.3 is 4.90 Å². The van der Waals surface area contributed by atoms with Crippen molar-refractivity contribution in [1.29, 1.82) is 0 Å². The third kappa shape index (κ3) is 2.20. The van der Waals surface area contributed by atoms with Gasteiger partial charge >= 0.3 is 0 Å². The number of halogens is 1. The van der Waals surface area contributed by atoms with Crippen molar-refractivity contribution >= 4 is 32.4 Å². The van der Waals surface area contributed by atoms with E-state index in [2.05, 4.69) is 45.0 Å². The summed E-state index contributed by atoms with van der Waals surface area (Å²) in [6.07, 6.45) is 0. The molecule has 0 saturated carbocycles. The van der Waals surface area contributed by atoms with E-state index in [0.717, 1.165) is 29.2 Å². The quantitative estimate of drug-likeness (QED) is 0.763. The van der Waals surface area contributed by atoms with Gasteiger partial charge in [-0.3, -0.25) is 0 Å². The van der Waals surface area contributed by atoms with Crippen LogP contribution in [0.25, 0.3) is 0 Å². The lowest BCUT2D eigenvalue weighted by molar-refractivity contribution is 0.857. The summed E-state index contributed by atoms with van der Waals surface area (Å²) >= 11 is 5.11. The molecule has 0 atom stereocenters. The van der Waals surface area contributed by atoms with Crippen molar-refractivity contribution in [3.63, 3.8) is 0 Å². The molecule has 0 bridgehead atoms. The Bertz CT molecular complexity index is 233. The summed E-state index contributed by atoms with van der Waals surface area (Å²) in [5.41, 5.74) is 1.13. The van der Waals surface area contributed by atoms with E-state index in [9.17, 15) is 0 Å². The average Bonchev–Trinajstić information content (AvgIpc) is 2.55. The Labute approximate surface area is 85.7 Å². The van der Waals surface area contributed by atoms with Crippen molar-refractivity contribution in [2.24, 2.45) is 0 Å². The maximum atomic E-state index is 4.47. The number of nitrogens with zero attached hydrogens (tertiary/aromatic N) is 2. The molecule has 68 valence electrons. The first-order valence-electron chi connectivity index (χ1n) is 4.07. The molecule has 1 aromatic heterocycles. The molecule has 0 radical (unpaired) electrons. The molecule has 12 heavy (non-hydrogen) atoms. The van der Waals surface area contributed by atoms with Gasteiger partial charge in [0.25, 0.3) is 0 Å². The molecule has 0 aliphatic heterocycles. The van der Waals surface area contributed by atoms with Gasteiger partial charge in [0.2, 0.25) is 0 Å². The Balaban J connectivity index is 2.72. The maximum absolute atomic E-state index is 4.47. The van der Waals surface area contributed by atoms with Crippen molar-refractivity contribution < 1.29 is 0 Å². The van der Waals surface area contributed by atoms with Crippen LogP contribution in [0.15, 0.2) is 5.38 Å². The molecule has 0 unspecified atom stereocenters. The van der Waals surface area contributed by atoms with E-state index >= 15 is 0 Å². The fourth-order valence-electron chi connectivity index (χ4n) is 0.997. The Morgan fingerprint density at radius 3 is 2.58 bits per heavy atom. The fourth-order valence-corrected chi connectivity index (χ4v) is 2.45. The lowest BCUT2D eigenvalue weighted by atomic mass is 10.5. The van der Waals surface area contributed by atoms with E-state index in [1.807, 2.05) is 0 Å². The van der Waals surface area contributed by atoms with Crippen LogP contribution in [0.5, 0.6) is 0 Å². The molecule has 1 aromatic rings. The van der Waals surface area contributed by atoms with Gasteiger partial charge in [0, 0.05) is 23.8 Å². The molecule has 0 N–H and O–H groups in total. The lowest BCUT2D eigenvalue weighted by Crippen LogP contribution is -2.21. The Morgan fingerprint density at radius 2 is 2.17 bits per heavy atom. The SMILES string of the molecule is CCN(CC)c1nc(CBr)cs1. The van der Waals surface area contributed by atoms with Gasteiger partial charge in [-0.25, -0.2) is 4.98 Å². The van der Waals surface area contributed by atoms with Crippen molar-refractivity contribution in [3.8, 4) is 0 Å². The van der Waals surface area contributed by atoms with E-state index < -0.39 is 0 Å². The van der Waals surface area contributed by atoms with Crippen LogP contribution in [0.3, 0.4) is 0 Å². The van der Waals surface area contributed by atoms with E-state index in [4.69, 9.17) is 0 Å². The molecule has 0 fully saturated rings. The minimum Gasteiger partial charge on any atom is -0.349 e. The van der Waals surface area contributed by atoms with E-state index in [1.54, 1.807) is 11.3 Å². The third-order valence-corrected chi connectivity index (χ3v) is 3.24. The van der Waals surface area contributed by atoms with Crippen LogP contribution in [0.2, 0.25) is 0 Å². The summed E-state index contributed by atoms with van der Waals surface area (Å²) < 4.78 is 0. The molecule has 1 rings (SSSR count). The summed E-state index contributed by atoms with van der Waals surface area (Å²) in [5.74, 6) is 0. The summed E-state index contributed by atoms with van der Waals surface area (Å²) in [6, 6.07) is 0. The zero-order chi connectivity index (χ0) is 8.97. The Hall–Kier alpha value is -0.0900. The van der Waals surface area contributed by atoms with E-state index in [1.165, 1.54) is 0 Å². The highest BCUT2D eigenvalue weighted by Gasteiger charge is 2.05. The van der Waals surface area contributed by atoms with Gasteiger partial charge in [-0.15, -0.1) is 11.3 Å². The van der Waals surface area contributed by atoms with E-state index in [0.29, 0.717) is 0 Å². The number of hydrogen-bond donors (Lipinski definition) is 0. The predicted octanol–water partition coefficient (Wildman–Crippen LogP) is 2.88. The second kappa shape index (κ2) is 4.82. The van der Waals surface area contributed by atoms with Crippen LogP contribution in [-0.2, 0) is 5.33 Å². The molecule has 0 aromatic carbocycles. The fraction of sp³-hybridized carbons (Fsp3) is 0.625. The number of alkyl halides is 1. The highest BCUT2D eigenvalue weighted by atomic mass is 79.9. The molecule has 0 amide bonds. The number of thiazole rings is 1. The van der Waals surface area contributed by atoms with Crippen molar-refractivity contribution in [1.82, 2.24) is 4.98 Å². The first-order chi connectivity index (χ1) is 5.81. The zero-order valence-electron chi connectivity index (χ0n) is 7.38. The first kappa shape index (κ1) is 9.99. The Morgan fingerprint density at radius 1 is 1.50 bits per heavy atom. The molecular formula is C8H13BrN2S. The monoisotopic (exact) mass is 248 g/mol. The second-order valence-electron chi connectivity index (χ2n) is 2.43. The van der Waals surface area contributed by atoms with Crippen LogP contribution in [0, 0.1) is 0 Å². The number of hydrogen-bond acceptors (Lipinski definition) is 3. The van der Waals surface area contributed by atoms with Crippen molar-refractivity contribution in [2.75, 3.05) is 18.0 Å². The molecule has 0 spiro atoms. The lowest BCUT2D eigenvalue weighted by Gasteiger charge is -2.16. The van der Waals surface area contributed by atoms with Crippen molar-refractivity contribution in [3.05, 3.63) is 11.1 Å². The molecule has 4 heteroatoms. The standard InChI is InChI=1S/C8H13BrN2S/c1-3-11(4-2)8-10-7(5-9)6-12-8/h6H,3-5H2,1-2H3. The normalized spacial score (nSPS) is 10.2. The Kier molecular flexibility index (Phi) is 4.01. The van der Waals surface area contributed by atoms with Gasteiger partial charge in [0.05, 0.1) is 5.69 Å². The molecule has 1 heterocycles. The van der Waals surface area contributed by atoms with Crippen LogP contribution >= 0.6 is 27.3 Å². The smallest absolute Gasteiger partial charge is 0.185 e. The zero-order valence-corrected chi connectivity index (χ0v) is 9.78. The summed E-state index contributed by atoms with van der Waals surface area (Å²) in [7, 11) is 0. The van der Waals surface area contributed by atoms with E-state index in [-0.39, 0.29) is 0 Å². The van der Waals surface area contributed by atoms with Gasteiger partial charge in [0.1, 0.15) is 0 Å². The van der Waals surface area contributed by atoms with Crippen LogP contribution in [0.4, 0.5) is 5.13 Å². The first-order valence-corrected chi connectivity index (χ1v) is 6.07. The minimum absolute atomic E-state index is 0.852. The highest BCUT2D eigenvalue weighted by molar-refractivity contribution is 9.08. The number of aromatic nitrogens is 1. The number of anilines is 1.